The quantitative estimate of drug-likeness (QED) is 0.515. The zero-order chi connectivity index (χ0) is 19.9. The molecule has 0 saturated heterocycles. The number of rotatable bonds is 8. The fraction of sp³-hybridized carbons (Fsp3) is 0.300. The van der Waals surface area contributed by atoms with E-state index in [4.69, 9.17) is 4.74 Å². The number of hydrogen-bond acceptors (Lipinski definition) is 7. The summed E-state index contributed by atoms with van der Waals surface area (Å²) in [6.45, 7) is 6.78. The molecule has 3 rings (SSSR count). The monoisotopic (exact) mass is 377 g/mol. The van der Waals surface area contributed by atoms with Crippen molar-refractivity contribution >= 4 is 17.5 Å². The van der Waals surface area contributed by atoms with Crippen LogP contribution in [0.3, 0.4) is 0 Å². The van der Waals surface area contributed by atoms with Gasteiger partial charge in [0, 0.05) is 18.0 Å². The Morgan fingerprint density at radius 2 is 2.11 bits per heavy atom. The summed E-state index contributed by atoms with van der Waals surface area (Å²) in [6, 6.07) is 9.68. The van der Waals surface area contributed by atoms with Gasteiger partial charge in [-0.1, -0.05) is 6.92 Å². The Balaban J connectivity index is 1.67. The van der Waals surface area contributed by atoms with Crippen molar-refractivity contribution in [2.45, 2.75) is 27.2 Å². The van der Waals surface area contributed by atoms with E-state index in [-0.39, 0.29) is 0 Å². The van der Waals surface area contributed by atoms with Gasteiger partial charge in [0.25, 0.3) is 0 Å². The molecular formula is C20H23N7O. The first kappa shape index (κ1) is 19.2. The maximum absolute atomic E-state index is 9.48. The molecule has 0 atom stereocenters. The Labute approximate surface area is 164 Å². The van der Waals surface area contributed by atoms with Crippen molar-refractivity contribution in [1.82, 2.24) is 20.2 Å². The van der Waals surface area contributed by atoms with E-state index >= 15 is 0 Å². The number of aryl methyl sites for hydroxylation is 3. The van der Waals surface area contributed by atoms with Gasteiger partial charge in [-0.15, -0.1) is 0 Å². The zero-order valence-electron chi connectivity index (χ0n) is 16.2. The SMILES string of the molecule is CCc1ncccc1OCCNc1nc(Nc2cc(C)[nH]n2)cc(C)c1C#N. The van der Waals surface area contributed by atoms with Crippen molar-refractivity contribution in [3.05, 3.63) is 53.0 Å². The average molecular weight is 377 g/mol. The smallest absolute Gasteiger partial charge is 0.153 e. The molecular weight excluding hydrogens is 354 g/mol. The molecule has 3 aromatic rings. The van der Waals surface area contributed by atoms with Crippen molar-refractivity contribution in [3.8, 4) is 11.8 Å². The van der Waals surface area contributed by atoms with E-state index in [1.54, 1.807) is 6.20 Å². The summed E-state index contributed by atoms with van der Waals surface area (Å²) in [6.07, 6.45) is 2.57. The van der Waals surface area contributed by atoms with Gasteiger partial charge in [-0.25, -0.2) is 4.98 Å². The zero-order valence-corrected chi connectivity index (χ0v) is 16.2. The lowest BCUT2D eigenvalue weighted by atomic mass is 10.1. The van der Waals surface area contributed by atoms with Gasteiger partial charge in [0.05, 0.1) is 17.8 Å². The molecule has 0 aliphatic carbocycles. The Hall–Kier alpha value is -3.60. The van der Waals surface area contributed by atoms with E-state index in [0.717, 1.165) is 29.1 Å². The summed E-state index contributed by atoms with van der Waals surface area (Å²) in [7, 11) is 0. The van der Waals surface area contributed by atoms with Crippen LogP contribution in [0.5, 0.6) is 5.75 Å². The van der Waals surface area contributed by atoms with Crippen LogP contribution in [-0.2, 0) is 6.42 Å². The van der Waals surface area contributed by atoms with E-state index in [1.807, 2.05) is 45.0 Å². The molecule has 0 unspecified atom stereocenters. The number of aromatic amines is 1. The van der Waals surface area contributed by atoms with Crippen LogP contribution in [0.4, 0.5) is 17.5 Å². The highest BCUT2D eigenvalue weighted by Gasteiger charge is 2.11. The number of H-pyrrole nitrogens is 1. The summed E-state index contributed by atoms with van der Waals surface area (Å²) in [5.41, 5.74) is 3.22. The van der Waals surface area contributed by atoms with E-state index in [0.29, 0.717) is 36.2 Å². The number of nitriles is 1. The third-order valence-electron chi connectivity index (χ3n) is 4.13. The molecule has 8 nitrogen and oxygen atoms in total. The highest BCUT2D eigenvalue weighted by molar-refractivity contribution is 5.63. The van der Waals surface area contributed by atoms with Crippen molar-refractivity contribution in [3.63, 3.8) is 0 Å². The van der Waals surface area contributed by atoms with Gasteiger partial charge in [0.2, 0.25) is 0 Å². The third kappa shape index (κ3) is 4.57. The molecule has 0 fully saturated rings. The first-order chi connectivity index (χ1) is 13.6. The lowest BCUT2D eigenvalue weighted by Crippen LogP contribution is -2.15. The predicted octanol–water partition coefficient (Wildman–Crippen LogP) is 3.49. The highest BCUT2D eigenvalue weighted by Crippen LogP contribution is 2.23. The van der Waals surface area contributed by atoms with Gasteiger partial charge >= 0.3 is 0 Å². The molecule has 0 aromatic carbocycles. The fourth-order valence-corrected chi connectivity index (χ4v) is 2.77. The lowest BCUT2D eigenvalue weighted by Gasteiger charge is -2.13. The number of anilines is 3. The van der Waals surface area contributed by atoms with E-state index in [1.165, 1.54) is 0 Å². The predicted molar refractivity (Wildman–Crippen MR) is 108 cm³/mol. The van der Waals surface area contributed by atoms with E-state index < -0.39 is 0 Å². The molecule has 0 bridgehead atoms. The van der Waals surface area contributed by atoms with Crippen molar-refractivity contribution in [2.24, 2.45) is 0 Å². The van der Waals surface area contributed by atoms with Crippen molar-refractivity contribution < 1.29 is 4.74 Å². The topological polar surface area (TPSA) is 112 Å². The first-order valence-electron chi connectivity index (χ1n) is 9.12. The molecule has 144 valence electrons. The van der Waals surface area contributed by atoms with Crippen LogP contribution in [0.2, 0.25) is 0 Å². The van der Waals surface area contributed by atoms with Crippen LogP contribution < -0.4 is 15.4 Å². The maximum Gasteiger partial charge on any atom is 0.153 e. The van der Waals surface area contributed by atoms with Gasteiger partial charge in [-0.2, -0.15) is 10.4 Å². The number of pyridine rings is 2. The van der Waals surface area contributed by atoms with E-state index in [2.05, 4.69) is 36.9 Å². The molecule has 0 aliphatic rings. The molecule has 8 heteroatoms. The standard InChI is InChI=1S/C20H23N7O/c1-4-16-17(6-5-7-22-16)28-9-8-23-20-15(12-21)13(2)10-18(25-20)24-19-11-14(3)26-27-19/h5-7,10-11H,4,8-9H2,1-3H3,(H3,23,24,25,26,27). The average Bonchev–Trinajstić information content (AvgIpc) is 3.10. The molecule has 3 heterocycles. The minimum Gasteiger partial charge on any atom is -0.490 e. The Morgan fingerprint density at radius 3 is 2.82 bits per heavy atom. The molecule has 3 N–H and O–H groups in total. The second kappa shape index (κ2) is 8.86. The van der Waals surface area contributed by atoms with Crippen LogP contribution in [0, 0.1) is 25.2 Å². The normalized spacial score (nSPS) is 10.4. The van der Waals surface area contributed by atoms with Gasteiger partial charge < -0.3 is 15.4 Å². The van der Waals surface area contributed by atoms with Gasteiger partial charge in [-0.3, -0.25) is 10.1 Å². The third-order valence-corrected chi connectivity index (χ3v) is 4.13. The lowest BCUT2D eigenvalue weighted by molar-refractivity contribution is 0.327. The molecule has 3 aromatic heterocycles. The summed E-state index contributed by atoms with van der Waals surface area (Å²) in [5, 5.41) is 22.9. The van der Waals surface area contributed by atoms with Crippen molar-refractivity contribution in [1.29, 1.82) is 5.26 Å². The summed E-state index contributed by atoms with van der Waals surface area (Å²) in [4.78, 5) is 8.83. The van der Waals surface area contributed by atoms with Gasteiger partial charge in [-0.05, 0) is 44.0 Å². The Morgan fingerprint density at radius 1 is 1.25 bits per heavy atom. The van der Waals surface area contributed by atoms with E-state index in [9.17, 15) is 5.26 Å². The summed E-state index contributed by atoms with van der Waals surface area (Å²) < 4.78 is 5.82. The van der Waals surface area contributed by atoms with Crippen LogP contribution in [0.1, 0.15) is 29.4 Å². The number of nitrogens with one attached hydrogen (secondary N) is 3. The molecule has 28 heavy (non-hydrogen) atoms. The number of aromatic nitrogens is 4. The van der Waals surface area contributed by atoms with Crippen LogP contribution in [-0.4, -0.2) is 33.3 Å². The summed E-state index contributed by atoms with van der Waals surface area (Å²) in [5.74, 6) is 2.59. The van der Waals surface area contributed by atoms with Crippen LogP contribution in [0.25, 0.3) is 0 Å². The van der Waals surface area contributed by atoms with Gasteiger partial charge in [0.1, 0.15) is 30.1 Å². The molecule has 0 radical (unpaired) electrons. The minimum atomic E-state index is 0.431. The minimum absolute atomic E-state index is 0.431. The Kier molecular flexibility index (Phi) is 6.07. The maximum atomic E-state index is 9.48. The van der Waals surface area contributed by atoms with Crippen LogP contribution >= 0.6 is 0 Å². The number of hydrogen-bond donors (Lipinski definition) is 3. The largest absolute Gasteiger partial charge is 0.490 e. The Bertz CT molecular complexity index is 990. The van der Waals surface area contributed by atoms with Gasteiger partial charge in [0.15, 0.2) is 5.82 Å². The molecule has 0 amide bonds. The molecule has 0 aliphatic heterocycles. The molecule has 0 saturated carbocycles. The highest BCUT2D eigenvalue weighted by atomic mass is 16.5. The van der Waals surface area contributed by atoms with Crippen molar-refractivity contribution in [2.75, 3.05) is 23.8 Å². The number of nitrogens with zero attached hydrogens (tertiary/aromatic N) is 4. The number of ether oxygens (including phenoxy) is 1. The van der Waals surface area contributed by atoms with Crippen LogP contribution in [0.15, 0.2) is 30.5 Å². The molecule has 0 spiro atoms. The second-order valence-electron chi connectivity index (χ2n) is 6.30. The summed E-state index contributed by atoms with van der Waals surface area (Å²) >= 11 is 0. The first-order valence-corrected chi connectivity index (χ1v) is 9.12. The second-order valence-corrected chi connectivity index (χ2v) is 6.30. The fourth-order valence-electron chi connectivity index (χ4n) is 2.77.